The molecule has 2 aromatic heterocycles. The average Bonchev–Trinajstić information content (AvgIpc) is 3.06. The lowest BCUT2D eigenvalue weighted by molar-refractivity contribution is 0.0475. The number of hydrogen-bond acceptors (Lipinski definition) is 8. The van der Waals surface area contributed by atoms with E-state index < -0.39 is 5.97 Å². The predicted octanol–water partition coefficient (Wildman–Crippen LogP) is 2.56. The topological polar surface area (TPSA) is 78.1 Å². The maximum Gasteiger partial charge on any atom is 0.396 e. The zero-order valence-electron chi connectivity index (χ0n) is 10.6. The molecule has 0 N–H and O–H groups in total. The van der Waals surface area contributed by atoms with Crippen molar-refractivity contribution >= 4 is 29.1 Å². The summed E-state index contributed by atoms with van der Waals surface area (Å²) in [6, 6.07) is 0. The van der Waals surface area contributed by atoms with E-state index in [0.717, 1.165) is 17.1 Å². The standard InChI is InChI=1S/C11H13N3O3S2/c1-3-8-12-7(5-18-8)6-19-11-14-13-9(17-11)10(15)16-4-2/h5H,3-4,6H2,1-2H3. The van der Waals surface area contributed by atoms with Crippen LogP contribution in [0.25, 0.3) is 0 Å². The molecule has 6 nitrogen and oxygen atoms in total. The average molecular weight is 299 g/mol. The Morgan fingerprint density at radius 3 is 3.00 bits per heavy atom. The van der Waals surface area contributed by atoms with Gasteiger partial charge in [-0.3, -0.25) is 0 Å². The molecule has 0 spiro atoms. The lowest BCUT2D eigenvalue weighted by Gasteiger charge is -1.94. The van der Waals surface area contributed by atoms with Crippen molar-refractivity contribution in [1.29, 1.82) is 0 Å². The summed E-state index contributed by atoms with van der Waals surface area (Å²) in [5, 5.41) is 10.9. The number of aromatic nitrogens is 3. The highest BCUT2D eigenvalue weighted by Gasteiger charge is 2.16. The Bertz CT molecular complexity index is 553. The minimum atomic E-state index is -0.594. The lowest BCUT2D eigenvalue weighted by atomic mass is 10.5. The van der Waals surface area contributed by atoms with Gasteiger partial charge in [-0.1, -0.05) is 23.8 Å². The van der Waals surface area contributed by atoms with E-state index >= 15 is 0 Å². The molecular formula is C11H13N3O3S2. The molecule has 0 saturated heterocycles. The SMILES string of the molecule is CCOC(=O)c1nnc(SCc2csc(CC)n2)o1. The first-order chi connectivity index (χ1) is 9.22. The summed E-state index contributed by atoms with van der Waals surface area (Å²) in [4.78, 5) is 15.8. The highest BCUT2D eigenvalue weighted by atomic mass is 32.2. The fraction of sp³-hybridized carbons (Fsp3) is 0.455. The number of esters is 1. The van der Waals surface area contributed by atoms with Gasteiger partial charge in [0.05, 0.1) is 17.3 Å². The molecule has 0 atom stereocenters. The van der Waals surface area contributed by atoms with Gasteiger partial charge in [-0.25, -0.2) is 9.78 Å². The summed E-state index contributed by atoms with van der Waals surface area (Å²) in [6.07, 6.45) is 0.933. The van der Waals surface area contributed by atoms with Crippen LogP contribution in [0.3, 0.4) is 0 Å². The van der Waals surface area contributed by atoms with Crippen LogP contribution in [0.1, 0.15) is 35.2 Å². The van der Waals surface area contributed by atoms with Crippen LogP contribution in [0, 0.1) is 0 Å². The molecule has 102 valence electrons. The third-order valence-corrected chi connectivity index (χ3v) is 4.00. The van der Waals surface area contributed by atoms with Crippen LogP contribution in [0.4, 0.5) is 0 Å². The van der Waals surface area contributed by atoms with E-state index in [4.69, 9.17) is 9.15 Å². The normalized spacial score (nSPS) is 10.6. The molecule has 0 saturated carbocycles. The maximum absolute atomic E-state index is 11.3. The minimum absolute atomic E-state index is 0.114. The first kappa shape index (κ1) is 14.0. The summed E-state index contributed by atoms with van der Waals surface area (Å²) < 4.78 is 9.96. The van der Waals surface area contributed by atoms with Crippen LogP contribution in [0.5, 0.6) is 0 Å². The number of carbonyl (C=O) groups excluding carboxylic acids is 1. The van der Waals surface area contributed by atoms with E-state index in [-0.39, 0.29) is 12.5 Å². The van der Waals surface area contributed by atoms with Crippen molar-refractivity contribution < 1.29 is 13.9 Å². The van der Waals surface area contributed by atoms with Crippen LogP contribution in [0.2, 0.25) is 0 Å². The van der Waals surface area contributed by atoms with Crippen molar-refractivity contribution in [3.63, 3.8) is 0 Å². The van der Waals surface area contributed by atoms with E-state index in [9.17, 15) is 4.79 Å². The molecular weight excluding hydrogens is 286 g/mol. The first-order valence-electron chi connectivity index (χ1n) is 5.79. The van der Waals surface area contributed by atoms with Gasteiger partial charge in [0.2, 0.25) is 0 Å². The molecule has 2 aromatic rings. The monoisotopic (exact) mass is 299 g/mol. The quantitative estimate of drug-likeness (QED) is 0.599. The molecule has 2 heterocycles. The van der Waals surface area contributed by atoms with Gasteiger partial charge >= 0.3 is 11.9 Å². The van der Waals surface area contributed by atoms with Crippen molar-refractivity contribution in [2.45, 2.75) is 31.2 Å². The number of aryl methyl sites for hydroxylation is 1. The Morgan fingerprint density at radius 1 is 1.47 bits per heavy atom. The number of nitrogens with zero attached hydrogens (tertiary/aromatic N) is 3. The van der Waals surface area contributed by atoms with E-state index in [0.29, 0.717) is 11.0 Å². The third-order valence-electron chi connectivity index (χ3n) is 2.10. The summed E-state index contributed by atoms with van der Waals surface area (Å²) in [5.74, 6) is -0.0679. The fourth-order valence-corrected chi connectivity index (χ4v) is 2.76. The van der Waals surface area contributed by atoms with Crippen LogP contribution in [-0.2, 0) is 16.9 Å². The molecule has 0 fully saturated rings. The van der Waals surface area contributed by atoms with Crippen LogP contribution in [-0.4, -0.2) is 27.8 Å². The number of hydrogen-bond donors (Lipinski definition) is 0. The second kappa shape index (κ2) is 6.67. The van der Waals surface area contributed by atoms with Gasteiger partial charge < -0.3 is 9.15 Å². The fourth-order valence-electron chi connectivity index (χ4n) is 1.26. The number of thioether (sulfide) groups is 1. The number of ether oxygens (including phenoxy) is 1. The minimum Gasteiger partial charge on any atom is -0.459 e. The van der Waals surface area contributed by atoms with Crippen molar-refractivity contribution in [3.05, 3.63) is 22.0 Å². The van der Waals surface area contributed by atoms with Crippen LogP contribution in [0.15, 0.2) is 15.0 Å². The highest BCUT2D eigenvalue weighted by molar-refractivity contribution is 7.98. The van der Waals surface area contributed by atoms with E-state index in [1.54, 1.807) is 18.3 Å². The zero-order valence-corrected chi connectivity index (χ0v) is 12.2. The molecule has 0 unspecified atom stereocenters. The van der Waals surface area contributed by atoms with Crippen molar-refractivity contribution in [2.75, 3.05) is 6.61 Å². The summed E-state index contributed by atoms with van der Waals surface area (Å²) >= 11 is 2.99. The second-order valence-corrected chi connectivity index (χ2v) is 5.34. The second-order valence-electron chi connectivity index (χ2n) is 3.47. The third kappa shape index (κ3) is 3.77. The van der Waals surface area contributed by atoms with Crippen LogP contribution < -0.4 is 0 Å². The first-order valence-corrected chi connectivity index (χ1v) is 7.66. The maximum atomic E-state index is 11.3. The molecule has 0 aromatic carbocycles. The van der Waals surface area contributed by atoms with Crippen LogP contribution >= 0.6 is 23.1 Å². The van der Waals surface area contributed by atoms with Gasteiger partial charge in [-0.15, -0.1) is 16.4 Å². The summed E-state index contributed by atoms with van der Waals surface area (Å²) in [5.41, 5.74) is 0.975. The molecule has 0 bridgehead atoms. The van der Waals surface area contributed by atoms with Gasteiger partial charge in [0.1, 0.15) is 0 Å². The smallest absolute Gasteiger partial charge is 0.396 e. The van der Waals surface area contributed by atoms with Gasteiger partial charge in [-0.2, -0.15) is 0 Å². The molecule has 0 aliphatic rings. The van der Waals surface area contributed by atoms with E-state index in [2.05, 4.69) is 22.1 Å². The molecule has 19 heavy (non-hydrogen) atoms. The predicted molar refractivity (Wildman–Crippen MR) is 71.3 cm³/mol. The lowest BCUT2D eigenvalue weighted by Crippen LogP contribution is -2.04. The Balaban J connectivity index is 1.91. The zero-order chi connectivity index (χ0) is 13.7. The highest BCUT2D eigenvalue weighted by Crippen LogP contribution is 2.22. The Morgan fingerprint density at radius 2 is 2.32 bits per heavy atom. The molecule has 0 aliphatic heterocycles. The summed E-state index contributed by atoms with van der Waals surface area (Å²) in [6.45, 7) is 4.07. The Kier molecular flexibility index (Phi) is 4.92. The number of carbonyl (C=O) groups is 1. The Hall–Kier alpha value is -1.41. The summed E-state index contributed by atoms with van der Waals surface area (Å²) in [7, 11) is 0. The number of thiazole rings is 1. The molecule has 0 amide bonds. The van der Waals surface area contributed by atoms with Gasteiger partial charge in [0, 0.05) is 11.1 Å². The molecule has 8 heteroatoms. The van der Waals surface area contributed by atoms with Crippen molar-refractivity contribution in [3.8, 4) is 0 Å². The number of rotatable bonds is 6. The molecule has 0 aliphatic carbocycles. The largest absolute Gasteiger partial charge is 0.459 e. The van der Waals surface area contributed by atoms with E-state index in [1.807, 2.05) is 5.38 Å². The molecule has 2 rings (SSSR count). The van der Waals surface area contributed by atoms with Gasteiger partial charge in [0.25, 0.3) is 5.22 Å². The van der Waals surface area contributed by atoms with Crippen molar-refractivity contribution in [1.82, 2.24) is 15.2 Å². The van der Waals surface area contributed by atoms with E-state index in [1.165, 1.54) is 11.8 Å². The van der Waals surface area contributed by atoms with Gasteiger partial charge in [0.15, 0.2) is 0 Å². The van der Waals surface area contributed by atoms with Gasteiger partial charge in [-0.05, 0) is 13.3 Å². The Labute approximate surface area is 118 Å². The van der Waals surface area contributed by atoms with Crippen molar-refractivity contribution in [2.24, 2.45) is 0 Å². The molecule has 0 radical (unpaired) electrons.